The van der Waals surface area contributed by atoms with Gasteiger partial charge in [0.1, 0.15) is 0 Å². The van der Waals surface area contributed by atoms with E-state index in [2.05, 4.69) is 45.0 Å². The summed E-state index contributed by atoms with van der Waals surface area (Å²) < 4.78 is 0. The Hall–Kier alpha value is -1.55. The van der Waals surface area contributed by atoms with Crippen LogP contribution in [0.5, 0.6) is 0 Å². The van der Waals surface area contributed by atoms with Crippen molar-refractivity contribution in [3.05, 3.63) is 29.8 Å². The number of piperidine rings is 1. The third kappa shape index (κ3) is 3.38. The Balaban J connectivity index is 2.11. The van der Waals surface area contributed by atoms with Crippen LogP contribution in [0.25, 0.3) is 0 Å². The van der Waals surface area contributed by atoms with E-state index in [1.54, 1.807) is 18.2 Å². The van der Waals surface area contributed by atoms with E-state index in [1.807, 2.05) is 6.07 Å². The van der Waals surface area contributed by atoms with Crippen molar-refractivity contribution in [2.24, 2.45) is 0 Å². The first-order valence-corrected chi connectivity index (χ1v) is 7.52. The lowest BCUT2D eigenvalue weighted by Gasteiger charge is -2.53. The number of carbonyl (C=O) groups excluding carboxylic acids is 1. The van der Waals surface area contributed by atoms with Gasteiger partial charge in [-0.15, -0.1) is 0 Å². The molecule has 1 fully saturated rings. The number of benzene rings is 1. The average molecular weight is 289 g/mol. The molecule has 1 saturated heterocycles. The standard InChI is InChI=1S/C17H27N3O/c1-16(2)10-14(11-17(3,4)20(16)5)19-15(21)12-7-6-8-13(18)9-12/h6-9,14H,10-11,18H2,1-5H3,(H,19,21). The number of hydrogen-bond donors (Lipinski definition) is 2. The van der Waals surface area contributed by atoms with Gasteiger partial charge in [-0.05, 0) is 65.8 Å². The molecule has 1 aromatic carbocycles. The summed E-state index contributed by atoms with van der Waals surface area (Å²) in [6.07, 6.45) is 1.89. The first-order valence-electron chi connectivity index (χ1n) is 7.52. The summed E-state index contributed by atoms with van der Waals surface area (Å²) in [6.45, 7) is 8.92. The van der Waals surface area contributed by atoms with Crippen molar-refractivity contribution in [1.82, 2.24) is 10.2 Å². The van der Waals surface area contributed by atoms with Crippen LogP contribution in [0.15, 0.2) is 24.3 Å². The maximum absolute atomic E-state index is 12.4. The number of anilines is 1. The minimum atomic E-state index is -0.0385. The van der Waals surface area contributed by atoms with E-state index in [1.165, 1.54) is 0 Å². The highest BCUT2D eigenvalue weighted by atomic mass is 16.1. The summed E-state index contributed by atoms with van der Waals surface area (Å²) in [4.78, 5) is 14.8. The van der Waals surface area contributed by atoms with Crippen molar-refractivity contribution in [3.63, 3.8) is 0 Å². The second kappa shape index (κ2) is 5.34. The number of hydrogen-bond acceptors (Lipinski definition) is 3. The number of nitrogens with one attached hydrogen (secondary N) is 1. The van der Waals surface area contributed by atoms with Gasteiger partial charge < -0.3 is 11.1 Å². The summed E-state index contributed by atoms with van der Waals surface area (Å²) >= 11 is 0. The molecule has 1 aliphatic heterocycles. The molecular formula is C17H27N3O. The second-order valence-electron chi connectivity index (χ2n) is 7.39. The summed E-state index contributed by atoms with van der Waals surface area (Å²) in [7, 11) is 2.16. The SMILES string of the molecule is CN1C(C)(C)CC(NC(=O)c2cccc(N)c2)CC1(C)C. The highest BCUT2D eigenvalue weighted by Gasteiger charge is 2.43. The van der Waals surface area contributed by atoms with Crippen molar-refractivity contribution < 1.29 is 4.79 Å². The zero-order valence-electron chi connectivity index (χ0n) is 13.7. The van der Waals surface area contributed by atoms with Crippen molar-refractivity contribution in [2.45, 2.75) is 57.7 Å². The number of likely N-dealkylation sites (tertiary alicyclic amines) is 1. The molecule has 1 aliphatic rings. The normalized spacial score (nSPS) is 22.0. The summed E-state index contributed by atoms with van der Waals surface area (Å²) in [5.74, 6) is -0.0385. The predicted octanol–water partition coefficient (Wildman–Crippen LogP) is 2.65. The van der Waals surface area contributed by atoms with Crippen LogP contribution in [0, 0.1) is 0 Å². The van der Waals surface area contributed by atoms with Gasteiger partial charge in [-0.1, -0.05) is 6.07 Å². The van der Waals surface area contributed by atoms with Crippen molar-refractivity contribution in [3.8, 4) is 0 Å². The van der Waals surface area contributed by atoms with Crippen LogP contribution in [0.1, 0.15) is 50.9 Å². The van der Waals surface area contributed by atoms with Crippen LogP contribution in [0.2, 0.25) is 0 Å². The van der Waals surface area contributed by atoms with Crippen LogP contribution >= 0.6 is 0 Å². The van der Waals surface area contributed by atoms with Gasteiger partial charge in [-0.3, -0.25) is 9.69 Å². The molecular weight excluding hydrogens is 262 g/mol. The van der Waals surface area contributed by atoms with Crippen molar-refractivity contribution in [1.29, 1.82) is 0 Å². The molecule has 21 heavy (non-hydrogen) atoms. The molecule has 116 valence electrons. The molecule has 0 bridgehead atoms. The molecule has 0 radical (unpaired) electrons. The monoisotopic (exact) mass is 289 g/mol. The van der Waals surface area contributed by atoms with Gasteiger partial charge in [0.25, 0.3) is 5.91 Å². The molecule has 4 heteroatoms. The Kier molecular flexibility index (Phi) is 4.02. The van der Waals surface area contributed by atoms with E-state index in [9.17, 15) is 4.79 Å². The van der Waals surface area contributed by atoms with Crippen molar-refractivity contribution in [2.75, 3.05) is 12.8 Å². The highest BCUT2D eigenvalue weighted by molar-refractivity contribution is 5.95. The van der Waals surface area contributed by atoms with Gasteiger partial charge >= 0.3 is 0 Å². The van der Waals surface area contributed by atoms with Crippen LogP contribution in [-0.2, 0) is 0 Å². The quantitative estimate of drug-likeness (QED) is 0.823. The van der Waals surface area contributed by atoms with Gasteiger partial charge in [0.15, 0.2) is 0 Å². The Labute approximate surface area is 127 Å². The molecule has 1 amide bonds. The number of amides is 1. The van der Waals surface area contributed by atoms with Gasteiger partial charge in [-0.25, -0.2) is 0 Å². The summed E-state index contributed by atoms with van der Waals surface area (Å²) in [5.41, 5.74) is 7.12. The number of rotatable bonds is 2. The summed E-state index contributed by atoms with van der Waals surface area (Å²) in [5, 5.41) is 3.17. The Morgan fingerprint density at radius 1 is 1.24 bits per heavy atom. The molecule has 0 unspecified atom stereocenters. The zero-order chi connectivity index (χ0) is 15.8. The van der Waals surface area contributed by atoms with Gasteiger partial charge in [-0.2, -0.15) is 0 Å². The van der Waals surface area contributed by atoms with E-state index < -0.39 is 0 Å². The zero-order valence-corrected chi connectivity index (χ0v) is 13.7. The van der Waals surface area contributed by atoms with Crippen LogP contribution < -0.4 is 11.1 Å². The molecule has 0 saturated carbocycles. The van der Waals surface area contributed by atoms with Crippen molar-refractivity contribution >= 4 is 11.6 Å². The molecule has 0 aromatic heterocycles. The molecule has 0 atom stereocenters. The molecule has 3 N–H and O–H groups in total. The number of carbonyl (C=O) groups is 1. The largest absolute Gasteiger partial charge is 0.399 e. The fourth-order valence-electron chi connectivity index (χ4n) is 3.42. The van der Waals surface area contributed by atoms with Gasteiger partial charge in [0.05, 0.1) is 0 Å². The Bertz CT molecular complexity index is 519. The maximum Gasteiger partial charge on any atom is 0.251 e. The van der Waals surface area contributed by atoms with E-state index in [4.69, 9.17) is 5.73 Å². The van der Waals surface area contributed by atoms with E-state index in [-0.39, 0.29) is 23.0 Å². The highest BCUT2D eigenvalue weighted by Crippen LogP contribution is 2.36. The van der Waals surface area contributed by atoms with E-state index in [0.717, 1.165) is 12.8 Å². The molecule has 1 heterocycles. The average Bonchev–Trinajstić information content (AvgIpc) is 2.35. The van der Waals surface area contributed by atoms with Crippen LogP contribution in [0.3, 0.4) is 0 Å². The minimum Gasteiger partial charge on any atom is -0.399 e. The fraction of sp³-hybridized carbons (Fsp3) is 0.588. The second-order valence-corrected chi connectivity index (χ2v) is 7.39. The topological polar surface area (TPSA) is 58.4 Å². The van der Waals surface area contributed by atoms with Gasteiger partial charge in [0.2, 0.25) is 0 Å². The predicted molar refractivity (Wildman–Crippen MR) is 87.3 cm³/mol. The number of nitrogens with zero attached hydrogens (tertiary/aromatic N) is 1. The molecule has 0 aliphatic carbocycles. The Morgan fingerprint density at radius 3 is 2.33 bits per heavy atom. The lowest BCUT2D eigenvalue weighted by molar-refractivity contribution is -0.0169. The first kappa shape index (κ1) is 15.8. The third-order valence-electron chi connectivity index (χ3n) is 4.79. The molecule has 1 aromatic rings. The van der Waals surface area contributed by atoms with Crippen LogP contribution in [-0.4, -0.2) is 35.0 Å². The van der Waals surface area contributed by atoms with E-state index in [0.29, 0.717) is 11.3 Å². The fourth-order valence-corrected chi connectivity index (χ4v) is 3.42. The maximum atomic E-state index is 12.4. The molecule has 2 rings (SSSR count). The third-order valence-corrected chi connectivity index (χ3v) is 4.79. The number of nitrogens with two attached hydrogens (primary N) is 1. The smallest absolute Gasteiger partial charge is 0.251 e. The first-order chi connectivity index (χ1) is 9.62. The lowest BCUT2D eigenvalue weighted by Crippen LogP contribution is -2.62. The van der Waals surface area contributed by atoms with Crippen LogP contribution in [0.4, 0.5) is 5.69 Å². The molecule has 0 spiro atoms. The number of nitrogen functional groups attached to an aromatic ring is 1. The Morgan fingerprint density at radius 2 is 1.81 bits per heavy atom. The minimum absolute atomic E-state index is 0.0385. The summed E-state index contributed by atoms with van der Waals surface area (Å²) in [6, 6.07) is 7.31. The van der Waals surface area contributed by atoms with E-state index >= 15 is 0 Å². The van der Waals surface area contributed by atoms with Gasteiger partial charge in [0, 0.05) is 28.4 Å². The lowest BCUT2D eigenvalue weighted by atomic mass is 9.77. The molecule has 4 nitrogen and oxygen atoms in total.